The van der Waals surface area contributed by atoms with E-state index in [-0.39, 0.29) is 11.2 Å². The van der Waals surface area contributed by atoms with E-state index < -0.39 is 0 Å². The first-order chi connectivity index (χ1) is 14.2. The average molecular weight is 410 g/mol. The summed E-state index contributed by atoms with van der Waals surface area (Å²) in [6.45, 7) is 2.64. The molecule has 1 atom stereocenters. The normalized spacial score (nSPS) is 35.0. The van der Waals surface area contributed by atoms with Gasteiger partial charge in [0.1, 0.15) is 5.75 Å². The molecule has 152 valence electrons. The summed E-state index contributed by atoms with van der Waals surface area (Å²) < 4.78 is 7.14. The van der Waals surface area contributed by atoms with Crippen LogP contribution in [-0.4, -0.2) is 27.3 Å². The number of carbonyl (C=O) groups excluding carboxylic acids is 1. The Balaban J connectivity index is 1.26. The molecule has 4 bridgehead atoms. The van der Waals surface area contributed by atoms with E-state index in [1.807, 2.05) is 19.1 Å². The number of hydrogen-bond donors (Lipinski definition) is 0. The zero-order chi connectivity index (χ0) is 19.5. The van der Waals surface area contributed by atoms with Crippen molar-refractivity contribution in [3.8, 4) is 5.75 Å². The van der Waals surface area contributed by atoms with Crippen molar-refractivity contribution in [2.24, 2.45) is 23.7 Å². The molecule has 6 heteroatoms. The first-order valence-corrected chi connectivity index (χ1v) is 12.0. The minimum atomic E-state index is 0.0696. The Labute approximate surface area is 175 Å². The molecule has 1 unspecified atom stereocenters. The molecule has 0 spiro atoms. The van der Waals surface area contributed by atoms with Crippen LogP contribution in [0.15, 0.2) is 29.4 Å². The van der Waals surface area contributed by atoms with Gasteiger partial charge in [-0.2, -0.15) is 4.68 Å². The van der Waals surface area contributed by atoms with Crippen LogP contribution in [-0.2, 0) is 0 Å². The van der Waals surface area contributed by atoms with E-state index in [1.165, 1.54) is 32.1 Å². The number of thioether (sulfide) groups is 1. The maximum absolute atomic E-state index is 12.9. The lowest BCUT2D eigenvalue weighted by molar-refractivity contribution is -0.00571. The largest absolute Gasteiger partial charge is 0.494 e. The standard InChI is InChI=1S/C23H27N3O2S/c1-2-28-18-5-3-15(4-6-18)19-12-20(27)26-23(29-19)24-22(25-26)21-16-8-13-7-14(10-16)11-17(21)9-13/h3-6,13-14,16-17,19,21H,2,7-12H2,1H3. The number of nitrogens with zero attached hydrogens (tertiary/aromatic N) is 3. The van der Waals surface area contributed by atoms with Gasteiger partial charge in [-0.3, -0.25) is 4.79 Å². The zero-order valence-electron chi connectivity index (χ0n) is 16.8. The summed E-state index contributed by atoms with van der Waals surface area (Å²) in [5, 5.41) is 5.64. The fourth-order valence-corrected chi connectivity index (χ4v) is 7.75. The molecule has 1 aromatic heterocycles. The van der Waals surface area contributed by atoms with Crippen molar-refractivity contribution in [2.45, 2.75) is 61.8 Å². The molecule has 0 amide bonds. The molecule has 5 nitrogen and oxygen atoms in total. The van der Waals surface area contributed by atoms with Crippen molar-refractivity contribution >= 4 is 17.7 Å². The van der Waals surface area contributed by atoms with Crippen LogP contribution < -0.4 is 4.74 Å². The summed E-state index contributed by atoms with van der Waals surface area (Å²) in [7, 11) is 0. The highest BCUT2D eigenvalue weighted by molar-refractivity contribution is 7.99. The Hall–Kier alpha value is -1.82. The van der Waals surface area contributed by atoms with Crippen LogP contribution in [0.3, 0.4) is 0 Å². The number of carbonyl (C=O) groups is 1. The van der Waals surface area contributed by atoms with Gasteiger partial charge in [0.05, 0.1) is 6.61 Å². The zero-order valence-corrected chi connectivity index (χ0v) is 17.6. The first-order valence-electron chi connectivity index (χ1n) is 11.1. The van der Waals surface area contributed by atoms with Crippen LogP contribution >= 0.6 is 11.8 Å². The van der Waals surface area contributed by atoms with Crippen LogP contribution in [0.1, 0.15) is 72.8 Å². The smallest absolute Gasteiger partial charge is 0.250 e. The molecule has 0 N–H and O–H groups in total. The lowest BCUT2D eigenvalue weighted by Gasteiger charge is -2.53. The monoisotopic (exact) mass is 409 g/mol. The third-order valence-corrected chi connectivity index (χ3v) is 8.72. The Morgan fingerprint density at radius 3 is 2.41 bits per heavy atom. The van der Waals surface area contributed by atoms with Crippen LogP contribution in [0.4, 0.5) is 0 Å². The Morgan fingerprint density at radius 1 is 1.07 bits per heavy atom. The second-order valence-corrected chi connectivity index (χ2v) is 10.5. The van der Waals surface area contributed by atoms with Crippen LogP contribution in [0.5, 0.6) is 5.75 Å². The Bertz CT molecular complexity index is 910. The van der Waals surface area contributed by atoms with E-state index in [2.05, 4.69) is 12.1 Å². The minimum absolute atomic E-state index is 0.0696. The summed E-state index contributed by atoms with van der Waals surface area (Å²) >= 11 is 1.68. The topological polar surface area (TPSA) is 57.0 Å². The van der Waals surface area contributed by atoms with Gasteiger partial charge >= 0.3 is 0 Å². The Morgan fingerprint density at radius 2 is 1.76 bits per heavy atom. The van der Waals surface area contributed by atoms with E-state index in [1.54, 1.807) is 16.4 Å². The molecular formula is C23H27N3O2S. The van der Waals surface area contributed by atoms with Crippen molar-refractivity contribution in [1.29, 1.82) is 0 Å². The fraction of sp³-hybridized carbons (Fsp3) is 0.609. The molecule has 2 aromatic rings. The van der Waals surface area contributed by atoms with Crippen molar-refractivity contribution < 1.29 is 9.53 Å². The van der Waals surface area contributed by atoms with Crippen LogP contribution in [0.2, 0.25) is 0 Å². The molecule has 5 aliphatic rings. The molecule has 7 rings (SSSR count). The predicted molar refractivity (Wildman–Crippen MR) is 111 cm³/mol. The number of hydrogen-bond acceptors (Lipinski definition) is 5. The number of ether oxygens (including phenoxy) is 1. The quantitative estimate of drug-likeness (QED) is 0.704. The predicted octanol–water partition coefficient (Wildman–Crippen LogP) is 5.09. The van der Waals surface area contributed by atoms with Crippen molar-refractivity contribution in [3.63, 3.8) is 0 Å². The van der Waals surface area contributed by atoms with Gasteiger partial charge in [-0.1, -0.05) is 23.9 Å². The summed E-state index contributed by atoms with van der Waals surface area (Å²) in [5.41, 5.74) is 1.15. The molecule has 4 aliphatic carbocycles. The van der Waals surface area contributed by atoms with E-state index in [4.69, 9.17) is 14.8 Å². The third-order valence-electron chi connectivity index (χ3n) is 7.53. The molecule has 4 saturated carbocycles. The van der Waals surface area contributed by atoms with Gasteiger partial charge in [0.15, 0.2) is 11.0 Å². The van der Waals surface area contributed by atoms with E-state index in [0.717, 1.165) is 46.0 Å². The highest BCUT2D eigenvalue weighted by Gasteiger charge is 2.50. The summed E-state index contributed by atoms with van der Waals surface area (Å²) in [6, 6.07) is 8.12. The van der Waals surface area contributed by atoms with Gasteiger partial charge in [0.25, 0.3) is 5.91 Å². The molecule has 29 heavy (non-hydrogen) atoms. The number of aromatic nitrogens is 3. The number of benzene rings is 1. The summed E-state index contributed by atoms with van der Waals surface area (Å²) in [6.07, 6.45) is 7.30. The molecule has 2 heterocycles. The fourth-order valence-electron chi connectivity index (χ4n) is 6.58. The second-order valence-electron chi connectivity index (χ2n) is 9.33. The van der Waals surface area contributed by atoms with Gasteiger partial charge in [-0.25, -0.2) is 4.98 Å². The minimum Gasteiger partial charge on any atom is -0.494 e. The average Bonchev–Trinajstić information content (AvgIpc) is 3.12. The first kappa shape index (κ1) is 18.0. The van der Waals surface area contributed by atoms with E-state index >= 15 is 0 Å². The van der Waals surface area contributed by atoms with E-state index in [9.17, 15) is 4.79 Å². The molecular weight excluding hydrogens is 382 g/mol. The Kier molecular flexibility index (Phi) is 4.26. The van der Waals surface area contributed by atoms with E-state index in [0.29, 0.717) is 18.9 Å². The second kappa shape index (κ2) is 6.86. The van der Waals surface area contributed by atoms with Crippen molar-refractivity contribution in [3.05, 3.63) is 35.7 Å². The van der Waals surface area contributed by atoms with Crippen molar-refractivity contribution in [2.75, 3.05) is 6.61 Å². The van der Waals surface area contributed by atoms with Crippen LogP contribution in [0, 0.1) is 23.7 Å². The van der Waals surface area contributed by atoms with Gasteiger partial charge < -0.3 is 4.74 Å². The van der Waals surface area contributed by atoms with Crippen LogP contribution in [0.25, 0.3) is 0 Å². The molecule has 0 radical (unpaired) electrons. The highest BCUT2D eigenvalue weighted by atomic mass is 32.2. The van der Waals surface area contributed by atoms with Crippen molar-refractivity contribution in [1.82, 2.24) is 14.8 Å². The van der Waals surface area contributed by atoms with Gasteiger partial charge in [0, 0.05) is 17.6 Å². The lowest BCUT2D eigenvalue weighted by Crippen LogP contribution is -2.44. The molecule has 1 aliphatic heterocycles. The third kappa shape index (κ3) is 3.02. The molecule has 0 saturated heterocycles. The summed E-state index contributed by atoms with van der Waals surface area (Å²) in [4.78, 5) is 17.8. The number of rotatable bonds is 4. The number of fused-ring (bicyclic) bond motifs is 1. The van der Waals surface area contributed by atoms with Gasteiger partial charge in [0.2, 0.25) is 0 Å². The lowest BCUT2D eigenvalue weighted by atomic mass is 9.52. The van der Waals surface area contributed by atoms with Gasteiger partial charge in [-0.15, -0.1) is 5.10 Å². The molecule has 4 fully saturated rings. The SMILES string of the molecule is CCOc1ccc(C2CC(=O)n3nc(C4C5CC6CC(C5)CC4C6)nc3S2)cc1. The molecule has 1 aromatic carbocycles. The maximum atomic E-state index is 12.9. The highest BCUT2D eigenvalue weighted by Crippen LogP contribution is 2.59. The summed E-state index contributed by atoms with van der Waals surface area (Å²) in [5.74, 6) is 5.70. The van der Waals surface area contributed by atoms with Gasteiger partial charge in [-0.05, 0) is 80.4 Å². The maximum Gasteiger partial charge on any atom is 0.250 e.